The van der Waals surface area contributed by atoms with Crippen molar-refractivity contribution in [2.24, 2.45) is 0 Å². The third-order valence-corrected chi connectivity index (χ3v) is 2.36. The van der Waals surface area contributed by atoms with E-state index in [1.165, 1.54) is 0 Å². The van der Waals surface area contributed by atoms with Crippen molar-refractivity contribution in [1.29, 1.82) is 5.26 Å². The SMILES string of the molecule is CCCCn1cc(Br)cc(C#N)c1=O. The summed E-state index contributed by atoms with van der Waals surface area (Å²) in [6.07, 6.45) is 3.70. The van der Waals surface area contributed by atoms with Crippen molar-refractivity contribution in [3.05, 3.63) is 32.7 Å². The smallest absolute Gasteiger partial charge is 0.268 e. The highest BCUT2D eigenvalue weighted by molar-refractivity contribution is 9.10. The van der Waals surface area contributed by atoms with Crippen LogP contribution in [0, 0.1) is 11.3 Å². The first kappa shape index (κ1) is 11.0. The number of halogens is 1. The van der Waals surface area contributed by atoms with Crippen molar-refractivity contribution in [2.45, 2.75) is 26.3 Å². The van der Waals surface area contributed by atoms with Gasteiger partial charge < -0.3 is 4.57 Å². The number of pyridine rings is 1. The van der Waals surface area contributed by atoms with E-state index in [0.717, 1.165) is 17.3 Å². The maximum atomic E-state index is 11.6. The fraction of sp³-hybridized carbons (Fsp3) is 0.400. The number of hydrogen-bond acceptors (Lipinski definition) is 2. The van der Waals surface area contributed by atoms with E-state index in [-0.39, 0.29) is 11.1 Å². The molecule has 0 saturated carbocycles. The molecule has 0 N–H and O–H groups in total. The van der Waals surface area contributed by atoms with Crippen LogP contribution >= 0.6 is 15.9 Å². The maximum Gasteiger partial charge on any atom is 0.268 e. The van der Waals surface area contributed by atoms with Crippen LogP contribution in [0.2, 0.25) is 0 Å². The number of aryl methyl sites for hydroxylation is 1. The molecule has 0 spiro atoms. The van der Waals surface area contributed by atoms with E-state index in [0.29, 0.717) is 6.54 Å². The van der Waals surface area contributed by atoms with Gasteiger partial charge in [-0.3, -0.25) is 4.79 Å². The van der Waals surface area contributed by atoms with Gasteiger partial charge in [0.15, 0.2) is 0 Å². The average molecular weight is 255 g/mol. The van der Waals surface area contributed by atoms with Gasteiger partial charge >= 0.3 is 0 Å². The molecule has 0 fully saturated rings. The maximum absolute atomic E-state index is 11.6. The van der Waals surface area contributed by atoms with Crippen molar-refractivity contribution >= 4 is 15.9 Å². The van der Waals surface area contributed by atoms with Gasteiger partial charge in [-0.25, -0.2) is 0 Å². The summed E-state index contributed by atoms with van der Waals surface area (Å²) in [6.45, 7) is 2.73. The van der Waals surface area contributed by atoms with Crippen LogP contribution in [0.4, 0.5) is 0 Å². The fourth-order valence-electron chi connectivity index (χ4n) is 1.17. The highest BCUT2D eigenvalue weighted by Gasteiger charge is 2.03. The number of aromatic nitrogens is 1. The lowest BCUT2D eigenvalue weighted by Crippen LogP contribution is -2.22. The minimum absolute atomic E-state index is 0.190. The van der Waals surface area contributed by atoms with Gasteiger partial charge in [0.1, 0.15) is 11.6 Å². The second-order valence-electron chi connectivity index (χ2n) is 3.04. The Hall–Kier alpha value is -1.08. The molecule has 14 heavy (non-hydrogen) atoms. The van der Waals surface area contributed by atoms with Crippen molar-refractivity contribution in [3.63, 3.8) is 0 Å². The normalized spacial score (nSPS) is 9.79. The quantitative estimate of drug-likeness (QED) is 0.831. The van der Waals surface area contributed by atoms with E-state index in [1.54, 1.807) is 16.8 Å². The summed E-state index contributed by atoms with van der Waals surface area (Å²) in [5, 5.41) is 8.71. The first-order chi connectivity index (χ1) is 6.69. The molecule has 0 aliphatic heterocycles. The van der Waals surface area contributed by atoms with Crippen LogP contribution in [0.1, 0.15) is 25.3 Å². The lowest BCUT2D eigenvalue weighted by molar-refractivity contribution is 0.610. The number of rotatable bonds is 3. The molecule has 0 bridgehead atoms. The van der Waals surface area contributed by atoms with E-state index in [9.17, 15) is 4.79 Å². The molecule has 0 unspecified atom stereocenters. The van der Waals surface area contributed by atoms with E-state index in [2.05, 4.69) is 22.9 Å². The monoisotopic (exact) mass is 254 g/mol. The van der Waals surface area contributed by atoms with Gasteiger partial charge in [0.25, 0.3) is 5.56 Å². The molecule has 4 heteroatoms. The first-order valence-corrected chi connectivity index (χ1v) is 5.28. The molecule has 1 rings (SSSR count). The molecule has 0 atom stereocenters. The van der Waals surface area contributed by atoms with Gasteiger partial charge in [-0.15, -0.1) is 0 Å². The average Bonchev–Trinajstić information content (AvgIpc) is 2.18. The van der Waals surface area contributed by atoms with E-state index in [1.807, 2.05) is 6.07 Å². The van der Waals surface area contributed by atoms with Crippen LogP contribution in [0.25, 0.3) is 0 Å². The van der Waals surface area contributed by atoms with Crippen LogP contribution in [0.15, 0.2) is 21.5 Å². The molecule has 0 saturated heterocycles. The van der Waals surface area contributed by atoms with Crippen LogP contribution in [0.3, 0.4) is 0 Å². The lowest BCUT2D eigenvalue weighted by atomic mass is 10.3. The number of unbranched alkanes of at least 4 members (excludes halogenated alkanes) is 1. The summed E-state index contributed by atoms with van der Waals surface area (Å²) in [5.74, 6) is 0. The summed E-state index contributed by atoms with van der Waals surface area (Å²) >= 11 is 3.27. The zero-order valence-corrected chi connectivity index (χ0v) is 9.54. The third-order valence-electron chi connectivity index (χ3n) is 1.93. The summed E-state index contributed by atoms with van der Waals surface area (Å²) in [6, 6.07) is 3.44. The van der Waals surface area contributed by atoms with Crippen molar-refractivity contribution in [3.8, 4) is 6.07 Å². The molecule has 0 aliphatic carbocycles. The molecule has 0 radical (unpaired) electrons. The van der Waals surface area contributed by atoms with Gasteiger partial charge in [-0.2, -0.15) is 5.26 Å². The summed E-state index contributed by atoms with van der Waals surface area (Å²) in [5.41, 5.74) is -0.0142. The molecular weight excluding hydrogens is 244 g/mol. The zero-order chi connectivity index (χ0) is 10.6. The van der Waals surface area contributed by atoms with E-state index < -0.39 is 0 Å². The molecule has 1 aromatic rings. The Morgan fingerprint density at radius 1 is 1.64 bits per heavy atom. The second-order valence-corrected chi connectivity index (χ2v) is 3.95. The molecule has 1 aromatic heterocycles. The van der Waals surface area contributed by atoms with Crippen molar-refractivity contribution < 1.29 is 0 Å². The van der Waals surface area contributed by atoms with Crippen molar-refractivity contribution in [1.82, 2.24) is 4.57 Å². The first-order valence-electron chi connectivity index (χ1n) is 4.49. The van der Waals surface area contributed by atoms with Gasteiger partial charge in [0.05, 0.1) is 0 Å². The van der Waals surface area contributed by atoms with Gasteiger partial charge in [-0.1, -0.05) is 13.3 Å². The highest BCUT2D eigenvalue weighted by Crippen LogP contribution is 2.08. The Morgan fingerprint density at radius 3 is 2.93 bits per heavy atom. The molecular formula is C10H11BrN2O. The van der Waals surface area contributed by atoms with E-state index >= 15 is 0 Å². The molecule has 0 amide bonds. The highest BCUT2D eigenvalue weighted by atomic mass is 79.9. The Labute approximate surface area is 91.1 Å². The van der Waals surface area contributed by atoms with Crippen molar-refractivity contribution in [2.75, 3.05) is 0 Å². The van der Waals surface area contributed by atoms with Gasteiger partial charge in [0, 0.05) is 17.2 Å². The fourth-order valence-corrected chi connectivity index (χ4v) is 1.65. The molecule has 0 aromatic carbocycles. The van der Waals surface area contributed by atoms with Crippen LogP contribution < -0.4 is 5.56 Å². The van der Waals surface area contributed by atoms with Crippen LogP contribution in [-0.2, 0) is 6.54 Å². The standard InChI is InChI=1S/C10H11BrN2O/c1-2-3-4-13-7-9(11)5-8(6-12)10(13)14/h5,7H,2-4H2,1H3. The number of nitrogens with zero attached hydrogens (tertiary/aromatic N) is 2. The Kier molecular flexibility index (Phi) is 3.90. The Bertz CT molecular complexity index is 417. The Balaban J connectivity index is 3.11. The third kappa shape index (κ3) is 2.46. The zero-order valence-electron chi connectivity index (χ0n) is 7.96. The van der Waals surface area contributed by atoms with E-state index in [4.69, 9.17) is 5.26 Å². The predicted octanol–water partition coefficient (Wildman–Crippen LogP) is 2.28. The number of nitriles is 1. The summed E-state index contributed by atoms with van der Waals surface area (Å²) in [7, 11) is 0. The molecule has 0 aliphatic rings. The molecule has 3 nitrogen and oxygen atoms in total. The molecule has 1 heterocycles. The second kappa shape index (κ2) is 4.97. The van der Waals surface area contributed by atoms with Gasteiger partial charge in [-0.05, 0) is 28.4 Å². The number of hydrogen-bond donors (Lipinski definition) is 0. The molecule has 74 valence electrons. The minimum atomic E-state index is -0.204. The van der Waals surface area contributed by atoms with Gasteiger partial charge in [0.2, 0.25) is 0 Å². The summed E-state index contributed by atoms with van der Waals surface area (Å²) < 4.78 is 2.34. The van der Waals surface area contributed by atoms with Crippen LogP contribution in [0.5, 0.6) is 0 Å². The minimum Gasteiger partial charge on any atom is -0.313 e. The largest absolute Gasteiger partial charge is 0.313 e. The lowest BCUT2D eigenvalue weighted by Gasteiger charge is -2.05. The Morgan fingerprint density at radius 2 is 2.36 bits per heavy atom. The topological polar surface area (TPSA) is 45.8 Å². The summed E-state index contributed by atoms with van der Waals surface area (Å²) in [4.78, 5) is 11.6. The predicted molar refractivity (Wildman–Crippen MR) is 58.0 cm³/mol. The van der Waals surface area contributed by atoms with Crippen LogP contribution in [-0.4, -0.2) is 4.57 Å².